The highest BCUT2D eigenvalue weighted by Gasteiger charge is 2.78. The summed E-state index contributed by atoms with van der Waals surface area (Å²) in [5.74, 6) is -13.3. The molecule has 16 unspecified atom stereocenters. The van der Waals surface area contributed by atoms with Crippen molar-refractivity contribution < 1.29 is 109 Å². The molecule has 0 saturated carbocycles. The van der Waals surface area contributed by atoms with Crippen LogP contribution in [0.1, 0.15) is 98.9 Å². The standard InChI is InChI=1S/C64H65N3O23/c1-2-39-36(22-35-30-6-3-8-33(20-30)66-56(35)67-39)37-23-38-34-9-10-40(70)41(71)18-28(27-69)26-62-53(77)55(79)64(84,85)60(89-62,57(80)81)14-5-15-61(58(82)88-62)59(83,13-4-7-29-11-16-65-49(29)34)52(76)54(78)63(38,90-61)87-46-25-45-48(51(75)47(37)46)42(72)24-44(86-45)32-19-31(12-17-68)50(74)43(73)21-32/h3,8,11,16,19,21-25,28,30,33-34,37,40,52-56,65-70,73-79,83-85H,2,6,9-10,12-13,15,17-18,20,26-27H2,1H3,(H,80,81). The van der Waals surface area contributed by atoms with E-state index >= 15 is 4.79 Å². The van der Waals surface area contributed by atoms with E-state index in [9.17, 15) is 85.9 Å². The normalized spacial score (nSPS) is 36.5. The third-order valence-electron chi connectivity index (χ3n) is 19.6. The number of carboxylic acids is 1. The highest BCUT2D eigenvalue weighted by molar-refractivity contribution is 5.90. The van der Waals surface area contributed by atoms with Gasteiger partial charge < -0.3 is 105 Å². The summed E-state index contributed by atoms with van der Waals surface area (Å²) in [5, 5.41) is 173. The van der Waals surface area contributed by atoms with Crippen LogP contribution < -0.4 is 20.8 Å². The van der Waals surface area contributed by atoms with Gasteiger partial charge in [0.25, 0.3) is 11.4 Å². The topological polar surface area (TPSA) is 441 Å². The highest BCUT2D eigenvalue weighted by Crippen LogP contribution is 2.60. The third kappa shape index (κ3) is 8.84. The van der Waals surface area contributed by atoms with Gasteiger partial charge in [0.15, 0.2) is 34.9 Å². The summed E-state index contributed by atoms with van der Waals surface area (Å²) in [7, 11) is 0. The summed E-state index contributed by atoms with van der Waals surface area (Å²) < 4.78 is 32.9. The summed E-state index contributed by atoms with van der Waals surface area (Å²) in [4.78, 5) is 62.6. The number of hydrogen-bond donors (Lipinski definition) is 17. The average Bonchev–Trinajstić information content (AvgIpc) is 1.29. The van der Waals surface area contributed by atoms with E-state index in [1.165, 1.54) is 24.4 Å². The Balaban J connectivity index is 1.16. The zero-order valence-electron chi connectivity index (χ0n) is 48.0. The minimum Gasteiger partial charge on any atom is -0.507 e. The monoisotopic (exact) mass is 1240 g/mol. The lowest BCUT2D eigenvalue weighted by atomic mass is 9.66. The second kappa shape index (κ2) is 21.6. The first kappa shape index (κ1) is 61.0. The number of aromatic nitrogens is 1. The molecule has 8 bridgehead atoms. The molecule has 90 heavy (non-hydrogen) atoms. The van der Waals surface area contributed by atoms with Crippen LogP contribution in [0, 0.1) is 35.5 Å². The number of hydrogen-bond acceptors (Lipinski definition) is 24. The number of aromatic amines is 1. The molecule has 4 saturated heterocycles. The Morgan fingerprint density at radius 1 is 0.889 bits per heavy atom. The molecule has 3 spiro atoms. The minimum atomic E-state index is -4.12. The largest absolute Gasteiger partial charge is 0.507 e. The van der Waals surface area contributed by atoms with Crippen molar-refractivity contribution in [2.45, 2.75) is 160 Å². The fraction of sp³-hybridized carbons (Fsp3) is 0.469. The van der Waals surface area contributed by atoms with Crippen molar-refractivity contribution in [2.75, 3.05) is 13.2 Å². The van der Waals surface area contributed by atoms with E-state index in [0.29, 0.717) is 24.1 Å². The molecule has 2 aromatic carbocycles. The highest BCUT2D eigenvalue weighted by atomic mass is 16.8. The van der Waals surface area contributed by atoms with Crippen LogP contribution in [-0.4, -0.2) is 184 Å². The minimum absolute atomic E-state index is 0.000685. The SMILES string of the molecule is CCC1=C(C2C=C3C4CCC(O)C(=O)CC(CO)CC56OC(=O)C7(CC#CC(C(=O)O)(O5)C(O)(O)C(O)C6O)OC3(Oc3cc5oc(-c6cc(O)c(O)c(CCO)c6)cc(=O)c5c(O)c32)C(O)C(O)C7(O)CC#Cc2cc[nH]c24)C=C2C3CC=CC(C3)NC2N1. The number of fused-ring (bicyclic) bond motifs is 10. The number of rotatable bonds is 7. The predicted octanol–water partition coefficient (Wildman–Crippen LogP) is -0.227. The number of nitrogens with one attached hydrogen (secondary N) is 3. The van der Waals surface area contributed by atoms with Gasteiger partial charge in [-0.1, -0.05) is 49.0 Å². The fourth-order valence-corrected chi connectivity index (χ4v) is 14.8. The first-order valence-corrected chi connectivity index (χ1v) is 29.6. The van der Waals surface area contributed by atoms with Crippen LogP contribution in [0.3, 0.4) is 0 Å². The number of carbonyl (C=O) groups is 3. The molecule has 10 heterocycles. The first-order valence-electron chi connectivity index (χ1n) is 29.6. The number of aliphatic carboxylic acids is 1. The third-order valence-corrected chi connectivity index (χ3v) is 19.6. The second-order valence-corrected chi connectivity index (χ2v) is 24.7. The van der Waals surface area contributed by atoms with Gasteiger partial charge in [0.05, 0.1) is 12.6 Å². The number of allylic oxidation sites excluding steroid dienone is 5. The van der Waals surface area contributed by atoms with Gasteiger partial charge in [-0.2, -0.15) is 0 Å². The molecule has 26 heteroatoms. The molecule has 474 valence electrons. The van der Waals surface area contributed by atoms with E-state index in [-0.39, 0.29) is 70.5 Å². The van der Waals surface area contributed by atoms with Gasteiger partial charge in [0, 0.05) is 108 Å². The molecule has 4 aromatic rings. The van der Waals surface area contributed by atoms with E-state index in [0.717, 1.165) is 23.8 Å². The Labute approximate surface area is 510 Å². The van der Waals surface area contributed by atoms with Crippen LogP contribution in [0.5, 0.6) is 23.0 Å². The number of benzene rings is 2. The Morgan fingerprint density at radius 3 is 2.42 bits per heavy atom. The quantitative estimate of drug-likeness (QED) is 0.0374. The second-order valence-electron chi connectivity index (χ2n) is 24.7. The van der Waals surface area contributed by atoms with Crippen LogP contribution in [0.15, 0.2) is 92.5 Å². The van der Waals surface area contributed by atoms with E-state index in [4.69, 9.17) is 23.4 Å². The molecular formula is C64H65N3O23. The number of piperidine rings is 1. The molecular weight excluding hydrogens is 1180 g/mol. The lowest BCUT2D eigenvalue weighted by Crippen LogP contribution is -2.81. The molecule has 10 aliphatic rings. The Bertz CT molecular complexity index is 4050. The number of phenolic OH excluding ortho intramolecular Hbond substituents is 3. The number of Topliss-reactive ketones (excluding diaryl/α,β-unsaturated/α-hetero) is 1. The molecule has 0 radical (unpaired) electrons. The summed E-state index contributed by atoms with van der Waals surface area (Å²) >= 11 is 0. The number of dihydropyridines is 1. The van der Waals surface area contributed by atoms with E-state index < -0.39 is 191 Å². The van der Waals surface area contributed by atoms with Gasteiger partial charge in [-0.3, -0.25) is 14.9 Å². The van der Waals surface area contributed by atoms with Crippen molar-refractivity contribution in [3.63, 3.8) is 0 Å². The predicted molar refractivity (Wildman–Crippen MR) is 307 cm³/mol. The van der Waals surface area contributed by atoms with Crippen LogP contribution >= 0.6 is 0 Å². The number of aliphatic hydroxyl groups excluding tert-OH is 7. The zero-order chi connectivity index (χ0) is 63.9. The van der Waals surface area contributed by atoms with Crippen LogP contribution in [0.25, 0.3) is 22.3 Å². The summed E-state index contributed by atoms with van der Waals surface area (Å²) in [5.41, 5.74) is -10.3. The summed E-state index contributed by atoms with van der Waals surface area (Å²) in [6.45, 7) is 0.328. The maximum atomic E-state index is 16.3. The number of aliphatic hydroxyl groups is 10. The van der Waals surface area contributed by atoms with E-state index in [1.807, 2.05) is 13.0 Å². The molecule has 2 aromatic heterocycles. The smallest absolute Gasteiger partial charge is 0.354 e. The van der Waals surface area contributed by atoms with Crippen molar-refractivity contribution in [3.05, 3.63) is 116 Å². The molecule has 0 amide bonds. The Morgan fingerprint density at radius 2 is 1.68 bits per heavy atom. The number of aromatic hydroxyl groups is 3. The zero-order valence-corrected chi connectivity index (χ0v) is 48.0. The van der Waals surface area contributed by atoms with Crippen LogP contribution in [0.4, 0.5) is 0 Å². The van der Waals surface area contributed by atoms with Crippen LogP contribution in [-0.2, 0) is 35.0 Å². The lowest BCUT2D eigenvalue weighted by Gasteiger charge is -2.59. The molecule has 4 fully saturated rings. The Kier molecular flexibility index (Phi) is 14.7. The number of carboxylic acid groups (broad SMARTS) is 1. The fourth-order valence-electron chi connectivity index (χ4n) is 14.8. The van der Waals surface area contributed by atoms with Crippen molar-refractivity contribution in [1.82, 2.24) is 15.6 Å². The Hall–Kier alpha value is -7.90. The van der Waals surface area contributed by atoms with Crippen molar-refractivity contribution in [2.24, 2.45) is 11.8 Å². The lowest BCUT2D eigenvalue weighted by molar-refractivity contribution is -0.434. The van der Waals surface area contributed by atoms with Crippen molar-refractivity contribution in [1.29, 1.82) is 0 Å². The number of phenols is 3. The number of H-pyrrole nitrogens is 1. The van der Waals surface area contributed by atoms with Gasteiger partial charge in [0.1, 0.15) is 52.1 Å². The maximum absolute atomic E-state index is 16.3. The van der Waals surface area contributed by atoms with Gasteiger partial charge >= 0.3 is 11.9 Å². The van der Waals surface area contributed by atoms with E-state index in [2.05, 4.69) is 51.5 Å². The van der Waals surface area contributed by atoms with Gasteiger partial charge in [0.2, 0.25) is 17.2 Å². The molecule has 14 rings (SSSR count). The summed E-state index contributed by atoms with van der Waals surface area (Å²) in [6.07, 6.45) is -8.78. The van der Waals surface area contributed by atoms with Crippen molar-refractivity contribution >= 4 is 28.7 Å². The van der Waals surface area contributed by atoms with E-state index in [1.54, 1.807) is 0 Å². The number of ketones is 1. The van der Waals surface area contributed by atoms with Gasteiger partial charge in [-0.15, -0.1) is 0 Å². The van der Waals surface area contributed by atoms with Crippen LogP contribution in [0.2, 0.25) is 0 Å². The number of ether oxygens (including phenoxy) is 4. The number of carbonyl (C=O) groups excluding carboxylic acids is 2. The molecule has 16 atom stereocenters. The maximum Gasteiger partial charge on any atom is 0.354 e. The molecule has 8 aliphatic heterocycles. The van der Waals surface area contributed by atoms with Gasteiger partial charge in [-0.05, 0) is 85.6 Å². The first-order chi connectivity index (χ1) is 42.8. The average molecular weight is 1240 g/mol. The van der Waals surface area contributed by atoms with Gasteiger partial charge in [-0.25, -0.2) is 9.59 Å². The summed E-state index contributed by atoms with van der Waals surface area (Å²) in [6, 6.07) is 6.11. The molecule has 2 aliphatic carbocycles. The molecule has 26 nitrogen and oxygen atoms in total. The van der Waals surface area contributed by atoms with Crippen molar-refractivity contribution in [3.8, 4) is 58.0 Å². The molecule has 17 N–H and O–H groups in total. The number of esters is 1.